The summed E-state index contributed by atoms with van der Waals surface area (Å²) in [6.45, 7) is 0. The molecule has 0 saturated carbocycles. The molecule has 0 aromatic heterocycles. The summed E-state index contributed by atoms with van der Waals surface area (Å²) >= 11 is 0. The Labute approximate surface area is 85.9 Å². The molecule has 1 aromatic rings. The largest absolute Gasteiger partial charge is 0.0808 e. The summed E-state index contributed by atoms with van der Waals surface area (Å²) in [5, 5.41) is 0. The SMILES string of the molecule is C1=CCC=C1.[V].c1ccccc1. The molecular weight excluding hydrogens is 183 g/mol. The maximum Gasteiger partial charge on any atom is 0 e. The molecule has 1 aromatic carbocycles. The fraction of sp³-hybridized carbons (Fsp3) is 0.0909. The van der Waals surface area contributed by atoms with Crippen LogP contribution in [0.1, 0.15) is 6.42 Å². The van der Waals surface area contributed by atoms with Crippen LogP contribution in [0, 0.1) is 0 Å². The Balaban J connectivity index is 0.000000189. The van der Waals surface area contributed by atoms with Crippen molar-refractivity contribution in [2.45, 2.75) is 6.42 Å². The molecule has 1 heteroatoms. The smallest absolute Gasteiger partial charge is 0 e. The van der Waals surface area contributed by atoms with Gasteiger partial charge in [-0.2, -0.15) is 0 Å². The molecule has 0 aliphatic heterocycles. The van der Waals surface area contributed by atoms with Gasteiger partial charge in [-0.3, -0.25) is 0 Å². The molecule has 0 saturated heterocycles. The second kappa shape index (κ2) is 8.38. The summed E-state index contributed by atoms with van der Waals surface area (Å²) in [5.41, 5.74) is 0. The third-order valence-corrected chi connectivity index (χ3v) is 1.32. The molecule has 0 unspecified atom stereocenters. The zero-order valence-corrected chi connectivity index (χ0v) is 8.32. The van der Waals surface area contributed by atoms with Gasteiger partial charge in [-0.1, -0.05) is 60.7 Å². The van der Waals surface area contributed by atoms with E-state index in [-0.39, 0.29) is 18.6 Å². The van der Waals surface area contributed by atoms with Gasteiger partial charge < -0.3 is 0 Å². The van der Waals surface area contributed by atoms with Crippen molar-refractivity contribution < 1.29 is 18.6 Å². The van der Waals surface area contributed by atoms with Crippen LogP contribution in [0.5, 0.6) is 0 Å². The fourth-order valence-electron chi connectivity index (χ4n) is 0.778. The number of hydrogen-bond donors (Lipinski definition) is 0. The van der Waals surface area contributed by atoms with Crippen LogP contribution >= 0.6 is 0 Å². The van der Waals surface area contributed by atoms with Crippen LogP contribution in [0.3, 0.4) is 0 Å². The normalized spacial score (nSPS) is 11.3. The van der Waals surface area contributed by atoms with E-state index in [4.69, 9.17) is 0 Å². The van der Waals surface area contributed by atoms with Crippen LogP contribution in [0.25, 0.3) is 0 Å². The summed E-state index contributed by atoms with van der Waals surface area (Å²) in [6, 6.07) is 12.0. The Bertz CT molecular complexity index is 187. The van der Waals surface area contributed by atoms with E-state index in [1.165, 1.54) is 0 Å². The Morgan fingerprint density at radius 3 is 1.08 bits per heavy atom. The molecule has 2 rings (SSSR count). The van der Waals surface area contributed by atoms with E-state index in [0.717, 1.165) is 6.42 Å². The molecule has 0 bridgehead atoms. The van der Waals surface area contributed by atoms with E-state index in [2.05, 4.69) is 24.3 Å². The average Bonchev–Trinajstić information content (AvgIpc) is 2.64. The maximum absolute atomic E-state index is 2.12. The van der Waals surface area contributed by atoms with Crippen molar-refractivity contribution in [3.63, 3.8) is 0 Å². The van der Waals surface area contributed by atoms with E-state index in [1.54, 1.807) is 0 Å². The Morgan fingerprint density at radius 2 is 0.917 bits per heavy atom. The predicted octanol–water partition coefficient (Wildman–Crippen LogP) is 3.19. The van der Waals surface area contributed by atoms with Crippen molar-refractivity contribution in [3.05, 3.63) is 60.7 Å². The van der Waals surface area contributed by atoms with Crippen LogP contribution < -0.4 is 0 Å². The van der Waals surface area contributed by atoms with Gasteiger partial charge in [0.05, 0.1) is 0 Å². The zero-order valence-electron chi connectivity index (χ0n) is 6.93. The van der Waals surface area contributed by atoms with E-state index >= 15 is 0 Å². The first kappa shape index (κ1) is 11.3. The standard InChI is InChI=1S/C6H6.C5H6.V/c1-2-4-6-5-3-1;1-2-4-5-3-1;/h1-6H;1-4H,5H2;. The molecule has 61 valence electrons. The van der Waals surface area contributed by atoms with Gasteiger partial charge in [0.2, 0.25) is 0 Å². The Kier molecular flexibility index (Phi) is 7.88. The molecule has 0 heterocycles. The Hall–Kier alpha value is -0.716. The quantitative estimate of drug-likeness (QED) is 0.596. The summed E-state index contributed by atoms with van der Waals surface area (Å²) in [4.78, 5) is 0. The van der Waals surface area contributed by atoms with Crippen molar-refractivity contribution in [2.75, 3.05) is 0 Å². The maximum atomic E-state index is 2.12. The van der Waals surface area contributed by atoms with E-state index in [9.17, 15) is 0 Å². The number of allylic oxidation sites excluding steroid dienone is 4. The van der Waals surface area contributed by atoms with Crippen LogP contribution in [-0.4, -0.2) is 0 Å². The van der Waals surface area contributed by atoms with Gasteiger partial charge in [0.1, 0.15) is 0 Å². The number of rotatable bonds is 0. The van der Waals surface area contributed by atoms with Crippen molar-refractivity contribution in [2.24, 2.45) is 0 Å². The van der Waals surface area contributed by atoms with Gasteiger partial charge >= 0.3 is 0 Å². The minimum Gasteiger partial charge on any atom is -0.0808 e. The molecular formula is C11H12V. The van der Waals surface area contributed by atoms with E-state index in [0.29, 0.717) is 0 Å². The van der Waals surface area contributed by atoms with Gasteiger partial charge in [-0.05, 0) is 6.42 Å². The summed E-state index contributed by atoms with van der Waals surface area (Å²) in [5.74, 6) is 0. The summed E-state index contributed by atoms with van der Waals surface area (Å²) < 4.78 is 0. The minimum atomic E-state index is 0. The van der Waals surface area contributed by atoms with Gasteiger partial charge in [0, 0.05) is 18.6 Å². The van der Waals surface area contributed by atoms with Crippen molar-refractivity contribution in [1.29, 1.82) is 0 Å². The monoisotopic (exact) mass is 195 g/mol. The molecule has 0 amide bonds. The molecule has 0 nitrogen and oxygen atoms in total. The van der Waals surface area contributed by atoms with Gasteiger partial charge in [0.25, 0.3) is 0 Å². The van der Waals surface area contributed by atoms with Crippen molar-refractivity contribution >= 4 is 0 Å². The average molecular weight is 195 g/mol. The second-order valence-electron chi connectivity index (χ2n) is 2.25. The first-order valence-electron chi connectivity index (χ1n) is 3.82. The first-order valence-corrected chi connectivity index (χ1v) is 3.82. The molecule has 1 aliphatic rings. The van der Waals surface area contributed by atoms with Crippen LogP contribution in [0.4, 0.5) is 0 Å². The minimum absolute atomic E-state index is 0. The first-order chi connectivity index (χ1) is 5.50. The second-order valence-corrected chi connectivity index (χ2v) is 2.25. The third-order valence-electron chi connectivity index (χ3n) is 1.32. The van der Waals surface area contributed by atoms with Crippen molar-refractivity contribution in [1.82, 2.24) is 0 Å². The molecule has 12 heavy (non-hydrogen) atoms. The predicted molar refractivity (Wildman–Crippen MR) is 49.3 cm³/mol. The van der Waals surface area contributed by atoms with Gasteiger partial charge in [-0.15, -0.1) is 0 Å². The molecule has 1 radical (unpaired) electrons. The summed E-state index contributed by atoms with van der Waals surface area (Å²) in [7, 11) is 0. The fourth-order valence-corrected chi connectivity index (χ4v) is 0.778. The van der Waals surface area contributed by atoms with Crippen LogP contribution in [0.2, 0.25) is 0 Å². The summed E-state index contributed by atoms with van der Waals surface area (Å²) in [6.07, 6.45) is 9.50. The molecule has 1 aliphatic carbocycles. The van der Waals surface area contributed by atoms with Crippen molar-refractivity contribution in [3.8, 4) is 0 Å². The molecule has 0 fully saturated rings. The topological polar surface area (TPSA) is 0 Å². The molecule has 0 N–H and O–H groups in total. The van der Waals surface area contributed by atoms with E-state index < -0.39 is 0 Å². The number of hydrogen-bond acceptors (Lipinski definition) is 0. The zero-order chi connectivity index (χ0) is 7.78. The van der Waals surface area contributed by atoms with Gasteiger partial charge in [0.15, 0.2) is 0 Å². The number of benzene rings is 1. The third kappa shape index (κ3) is 6.02. The van der Waals surface area contributed by atoms with E-state index in [1.807, 2.05) is 36.4 Å². The van der Waals surface area contributed by atoms with Crippen LogP contribution in [0.15, 0.2) is 60.7 Å². The molecule has 0 atom stereocenters. The molecule has 0 spiro atoms. The van der Waals surface area contributed by atoms with Gasteiger partial charge in [-0.25, -0.2) is 0 Å². The Morgan fingerprint density at radius 1 is 0.583 bits per heavy atom. The van der Waals surface area contributed by atoms with Crippen LogP contribution in [-0.2, 0) is 18.6 Å².